The van der Waals surface area contributed by atoms with Crippen molar-refractivity contribution in [2.24, 2.45) is 0 Å². The molecule has 3 nitrogen and oxygen atoms in total. The normalized spacial score (nSPS) is 8.86. The van der Waals surface area contributed by atoms with E-state index < -0.39 is 10.1 Å². The topological polar surface area (TPSA) is 54.4 Å². The van der Waals surface area contributed by atoms with E-state index in [1.807, 2.05) is 0 Å². The lowest BCUT2D eigenvalue weighted by Gasteiger charge is -1.69. The van der Waals surface area contributed by atoms with Crippen LogP contribution in [0.15, 0.2) is 13.2 Å². The predicted molar refractivity (Wildman–Crippen MR) is 28.7 cm³/mol. The fourth-order valence-corrected chi connectivity index (χ4v) is 0. The Bertz CT molecular complexity index is 104. The van der Waals surface area contributed by atoms with E-state index in [1.54, 1.807) is 0 Å². The highest BCUT2D eigenvalue weighted by Gasteiger charge is 1.81. The lowest BCUT2D eigenvalue weighted by molar-refractivity contribution is 0.490. The summed E-state index contributed by atoms with van der Waals surface area (Å²) < 4.78 is 25.9. The Morgan fingerprint density at radius 2 is 1.43 bits per heavy atom. The van der Waals surface area contributed by atoms with Crippen LogP contribution in [0.25, 0.3) is 0 Å². The SMILES string of the molecule is C=C.CS(=O)(=O)O. The minimum Gasteiger partial charge on any atom is -0.286 e. The van der Waals surface area contributed by atoms with Crippen LogP contribution in [0.3, 0.4) is 0 Å². The molecule has 1 N–H and O–H groups in total. The molecule has 0 saturated heterocycles. The van der Waals surface area contributed by atoms with E-state index in [2.05, 4.69) is 13.2 Å². The first-order valence-corrected chi connectivity index (χ1v) is 3.27. The largest absolute Gasteiger partial charge is 0.286 e. The zero-order valence-corrected chi connectivity index (χ0v) is 4.90. The van der Waals surface area contributed by atoms with Gasteiger partial charge in [-0.15, -0.1) is 13.2 Å². The molecule has 7 heavy (non-hydrogen) atoms. The molecule has 0 radical (unpaired) electrons. The van der Waals surface area contributed by atoms with Gasteiger partial charge in [0.05, 0.1) is 6.26 Å². The van der Waals surface area contributed by atoms with Crippen molar-refractivity contribution in [1.29, 1.82) is 0 Å². The molecule has 4 heteroatoms. The van der Waals surface area contributed by atoms with E-state index in [1.165, 1.54) is 0 Å². The highest BCUT2D eigenvalue weighted by Crippen LogP contribution is 1.60. The fraction of sp³-hybridized carbons (Fsp3) is 0.333. The van der Waals surface area contributed by atoms with Crippen LogP contribution in [-0.4, -0.2) is 19.2 Å². The van der Waals surface area contributed by atoms with E-state index in [9.17, 15) is 8.42 Å². The van der Waals surface area contributed by atoms with Crippen molar-refractivity contribution >= 4 is 10.1 Å². The van der Waals surface area contributed by atoms with Crippen LogP contribution >= 0.6 is 0 Å². The summed E-state index contributed by atoms with van der Waals surface area (Å²) in [4.78, 5) is 0. The summed E-state index contributed by atoms with van der Waals surface area (Å²) in [6.45, 7) is 6.00. The Balaban J connectivity index is 0. The molecule has 0 aliphatic carbocycles. The molecule has 0 amide bonds. The van der Waals surface area contributed by atoms with Gasteiger partial charge in [0.2, 0.25) is 0 Å². The molecule has 0 spiro atoms. The molecule has 0 aliphatic heterocycles. The van der Waals surface area contributed by atoms with Gasteiger partial charge in [0.25, 0.3) is 10.1 Å². The van der Waals surface area contributed by atoms with Gasteiger partial charge in [-0.2, -0.15) is 8.42 Å². The molecule has 0 rings (SSSR count). The summed E-state index contributed by atoms with van der Waals surface area (Å²) in [6.07, 6.45) is 0.715. The van der Waals surface area contributed by atoms with Crippen LogP contribution in [0, 0.1) is 0 Å². The first-order chi connectivity index (χ1) is 3.00. The van der Waals surface area contributed by atoms with Crippen molar-refractivity contribution < 1.29 is 13.0 Å². The van der Waals surface area contributed by atoms with Crippen LogP contribution in [0.5, 0.6) is 0 Å². The first kappa shape index (κ1) is 9.82. The lowest BCUT2D eigenvalue weighted by Crippen LogP contribution is -1.88. The van der Waals surface area contributed by atoms with Gasteiger partial charge in [-0.05, 0) is 0 Å². The molecule has 0 aromatic heterocycles. The number of hydrogen-bond acceptors (Lipinski definition) is 2. The second-order valence-corrected chi connectivity index (χ2v) is 2.20. The molecular weight excluding hydrogens is 116 g/mol. The van der Waals surface area contributed by atoms with Crippen molar-refractivity contribution in [3.05, 3.63) is 13.2 Å². The van der Waals surface area contributed by atoms with Crippen molar-refractivity contribution in [2.75, 3.05) is 6.26 Å². The Kier molecular flexibility index (Phi) is 5.37. The van der Waals surface area contributed by atoms with Gasteiger partial charge in [-0.25, -0.2) is 0 Å². The molecule has 0 fully saturated rings. The zero-order chi connectivity index (χ0) is 6.50. The second-order valence-electron chi connectivity index (χ2n) is 0.733. The van der Waals surface area contributed by atoms with E-state index in [0.717, 1.165) is 0 Å². The maximum absolute atomic E-state index is 9.19. The molecule has 0 aromatic carbocycles. The maximum atomic E-state index is 9.19. The van der Waals surface area contributed by atoms with Crippen LogP contribution < -0.4 is 0 Å². The van der Waals surface area contributed by atoms with Crippen LogP contribution in [0.2, 0.25) is 0 Å². The molecule has 44 valence electrons. The standard InChI is InChI=1S/C2H4.CH4O3S/c1-2;1-5(2,3)4/h1-2H2;1H3,(H,2,3,4). The molecule has 0 unspecified atom stereocenters. The Labute approximate surface area is 43.4 Å². The molecule has 0 atom stereocenters. The smallest absolute Gasteiger partial charge is 0.261 e. The molecule has 0 heterocycles. The highest BCUT2D eigenvalue weighted by atomic mass is 32.2. The van der Waals surface area contributed by atoms with Crippen molar-refractivity contribution in [2.45, 2.75) is 0 Å². The third kappa shape index (κ3) is 614. The Morgan fingerprint density at radius 3 is 1.43 bits per heavy atom. The minimum absolute atomic E-state index is 0.715. The summed E-state index contributed by atoms with van der Waals surface area (Å²) in [7, 11) is -3.67. The number of rotatable bonds is 0. The van der Waals surface area contributed by atoms with Gasteiger partial charge in [0.15, 0.2) is 0 Å². The van der Waals surface area contributed by atoms with Gasteiger partial charge in [0, 0.05) is 0 Å². The van der Waals surface area contributed by atoms with E-state index in [-0.39, 0.29) is 0 Å². The summed E-state index contributed by atoms with van der Waals surface area (Å²) in [5.74, 6) is 0. The number of hydrogen-bond donors (Lipinski definition) is 1. The van der Waals surface area contributed by atoms with Crippen LogP contribution in [-0.2, 0) is 10.1 Å². The van der Waals surface area contributed by atoms with E-state index in [0.29, 0.717) is 6.26 Å². The first-order valence-electron chi connectivity index (χ1n) is 1.42. The Morgan fingerprint density at radius 1 is 1.43 bits per heavy atom. The second kappa shape index (κ2) is 3.83. The minimum atomic E-state index is -3.67. The molecule has 0 bridgehead atoms. The van der Waals surface area contributed by atoms with Gasteiger partial charge in [0.1, 0.15) is 0 Å². The fourth-order valence-electron chi connectivity index (χ4n) is 0. The highest BCUT2D eigenvalue weighted by molar-refractivity contribution is 7.85. The molecular formula is C3H8O3S. The van der Waals surface area contributed by atoms with Gasteiger partial charge in [-0.3, -0.25) is 4.55 Å². The van der Waals surface area contributed by atoms with Gasteiger partial charge in [-0.1, -0.05) is 0 Å². The van der Waals surface area contributed by atoms with Gasteiger partial charge >= 0.3 is 0 Å². The monoisotopic (exact) mass is 124 g/mol. The summed E-state index contributed by atoms with van der Waals surface area (Å²) in [6, 6.07) is 0. The summed E-state index contributed by atoms with van der Waals surface area (Å²) in [5, 5.41) is 0. The molecule has 0 saturated carbocycles. The third-order valence-electron chi connectivity index (χ3n) is 0. The average Bonchev–Trinajstić information content (AvgIpc) is 1.36. The van der Waals surface area contributed by atoms with Crippen LogP contribution in [0.1, 0.15) is 0 Å². The van der Waals surface area contributed by atoms with Crippen molar-refractivity contribution in [3.63, 3.8) is 0 Å². The quantitative estimate of drug-likeness (QED) is 0.373. The van der Waals surface area contributed by atoms with E-state index >= 15 is 0 Å². The van der Waals surface area contributed by atoms with Crippen molar-refractivity contribution in [1.82, 2.24) is 0 Å². The Hall–Kier alpha value is -0.350. The molecule has 0 aromatic rings. The van der Waals surface area contributed by atoms with Crippen LogP contribution in [0.4, 0.5) is 0 Å². The van der Waals surface area contributed by atoms with E-state index in [4.69, 9.17) is 4.55 Å². The lowest BCUT2D eigenvalue weighted by atomic mass is 11.3. The summed E-state index contributed by atoms with van der Waals surface area (Å²) in [5.41, 5.74) is 0. The zero-order valence-electron chi connectivity index (χ0n) is 4.09. The van der Waals surface area contributed by atoms with Crippen molar-refractivity contribution in [3.8, 4) is 0 Å². The maximum Gasteiger partial charge on any atom is 0.261 e. The summed E-state index contributed by atoms with van der Waals surface area (Å²) >= 11 is 0. The average molecular weight is 124 g/mol. The molecule has 0 aliphatic rings. The third-order valence-corrected chi connectivity index (χ3v) is 0. The predicted octanol–water partition coefficient (Wildman–Crippen LogP) is 0.306. The van der Waals surface area contributed by atoms with Gasteiger partial charge < -0.3 is 0 Å².